The molecule has 0 fully saturated rings. The van der Waals surface area contributed by atoms with E-state index >= 15 is 0 Å². The molecule has 1 amide bonds. The van der Waals surface area contributed by atoms with Gasteiger partial charge in [0.25, 0.3) is 0 Å². The van der Waals surface area contributed by atoms with E-state index in [9.17, 15) is 4.79 Å². The molecule has 0 unspecified atom stereocenters. The van der Waals surface area contributed by atoms with E-state index < -0.39 is 0 Å². The van der Waals surface area contributed by atoms with Gasteiger partial charge in [0.1, 0.15) is 5.82 Å². The molecule has 5 heteroatoms. The van der Waals surface area contributed by atoms with Gasteiger partial charge in [-0.3, -0.25) is 4.79 Å². The molecule has 5 nitrogen and oxygen atoms in total. The van der Waals surface area contributed by atoms with E-state index in [2.05, 4.69) is 44.9 Å². The predicted octanol–water partition coefficient (Wildman–Crippen LogP) is 1.86. The summed E-state index contributed by atoms with van der Waals surface area (Å²) in [4.78, 5) is 20.9. The molecule has 0 aromatic carbocycles. The molecule has 0 bridgehead atoms. The van der Waals surface area contributed by atoms with Crippen molar-refractivity contribution in [1.82, 2.24) is 15.3 Å². The number of hydrogen-bond donors (Lipinski definition) is 2. The van der Waals surface area contributed by atoms with Gasteiger partial charge in [-0.15, -0.1) is 0 Å². The van der Waals surface area contributed by atoms with E-state index in [1.165, 1.54) is 0 Å². The summed E-state index contributed by atoms with van der Waals surface area (Å²) in [7, 11) is 0. The van der Waals surface area contributed by atoms with Crippen LogP contribution in [-0.4, -0.2) is 22.4 Å². The van der Waals surface area contributed by atoms with Crippen molar-refractivity contribution in [2.75, 3.05) is 6.54 Å². The van der Waals surface area contributed by atoms with Crippen LogP contribution in [0, 0.1) is 5.41 Å². The SMILES string of the molecule is CC1(C)Cc2nc(C(C)(C)C)ncc2[C@H](NC(=O)CN)C1. The zero-order valence-corrected chi connectivity index (χ0v) is 13.7. The molecule has 0 radical (unpaired) electrons. The minimum absolute atomic E-state index is 0.00714. The highest BCUT2D eigenvalue weighted by atomic mass is 16.1. The Morgan fingerprint density at radius 3 is 2.71 bits per heavy atom. The molecule has 21 heavy (non-hydrogen) atoms. The van der Waals surface area contributed by atoms with Crippen LogP contribution >= 0.6 is 0 Å². The number of nitrogens with one attached hydrogen (secondary N) is 1. The summed E-state index contributed by atoms with van der Waals surface area (Å²) in [5.41, 5.74) is 7.52. The second-order valence-corrected chi connectivity index (χ2v) is 7.71. The van der Waals surface area contributed by atoms with Crippen molar-refractivity contribution in [3.8, 4) is 0 Å². The first-order chi connectivity index (χ1) is 9.62. The van der Waals surface area contributed by atoms with E-state index in [0.717, 1.165) is 29.9 Å². The average Bonchev–Trinajstić information content (AvgIpc) is 2.35. The Morgan fingerprint density at radius 2 is 2.14 bits per heavy atom. The summed E-state index contributed by atoms with van der Waals surface area (Å²) < 4.78 is 0. The van der Waals surface area contributed by atoms with Gasteiger partial charge in [0.05, 0.1) is 12.6 Å². The maximum absolute atomic E-state index is 11.7. The van der Waals surface area contributed by atoms with Crippen molar-refractivity contribution in [1.29, 1.82) is 0 Å². The Kier molecular flexibility index (Phi) is 4.06. The molecule has 3 N–H and O–H groups in total. The molecule has 1 aromatic rings. The van der Waals surface area contributed by atoms with Crippen LogP contribution < -0.4 is 11.1 Å². The third-order valence-electron chi connectivity index (χ3n) is 3.87. The largest absolute Gasteiger partial charge is 0.348 e. The highest BCUT2D eigenvalue weighted by Crippen LogP contribution is 2.40. The third kappa shape index (κ3) is 3.59. The number of amides is 1. The monoisotopic (exact) mass is 290 g/mol. The van der Waals surface area contributed by atoms with Crippen molar-refractivity contribution in [3.05, 3.63) is 23.3 Å². The van der Waals surface area contributed by atoms with E-state index in [4.69, 9.17) is 10.7 Å². The van der Waals surface area contributed by atoms with Crippen LogP contribution in [0.15, 0.2) is 6.20 Å². The third-order valence-corrected chi connectivity index (χ3v) is 3.87. The summed E-state index contributed by atoms with van der Waals surface area (Å²) in [6.07, 6.45) is 3.66. The molecule has 0 saturated carbocycles. The zero-order chi connectivity index (χ0) is 15.8. The second kappa shape index (κ2) is 5.37. The fourth-order valence-electron chi connectivity index (χ4n) is 2.79. The lowest BCUT2D eigenvalue weighted by molar-refractivity contribution is -0.120. The lowest BCUT2D eigenvalue weighted by atomic mass is 9.74. The normalized spacial score (nSPS) is 20.8. The zero-order valence-electron chi connectivity index (χ0n) is 13.7. The highest BCUT2D eigenvalue weighted by molar-refractivity contribution is 5.78. The van der Waals surface area contributed by atoms with Crippen LogP contribution in [0.4, 0.5) is 0 Å². The van der Waals surface area contributed by atoms with Crippen molar-refractivity contribution < 1.29 is 4.79 Å². The number of rotatable bonds is 2. The van der Waals surface area contributed by atoms with E-state index in [0.29, 0.717) is 0 Å². The Hall–Kier alpha value is -1.49. The highest BCUT2D eigenvalue weighted by Gasteiger charge is 2.35. The molecule has 0 aliphatic heterocycles. The first-order valence-corrected chi connectivity index (χ1v) is 7.48. The molecular weight excluding hydrogens is 264 g/mol. The fourth-order valence-corrected chi connectivity index (χ4v) is 2.79. The van der Waals surface area contributed by atoms with Crippen LogP contribution in [0.5, 0.6) is 0 Å². The number of hydrogen-bond acceptors (Lipinski definition) is 4. The Morgan fingerprint density at radius 1 is 1.48 bits per heavy atom. The molecule has 0 spiro atoms. The maximum Gasteiger partial charge on any atom is 0.234 e. The van der Waals surface area contributed by atoms with Gasteiger partial charge in [0.15, 0.2) is 0 Å². The first-order valence-electron chi connectivity index (χ1n) is 7.48. The van der Waals surface area contributed by atoms with Gasteiger partial charge in [-0.2, -0.15) is 0 Å². The van der Waals surface area contributed by atoms with Crippen molar-refractivity contribution in [3.63, 3.8) is 0 Å². The molecule has 1 aromatic heterocycles. The fraction of sp³-hybridized carbons (Fsp3) is 0.688. The number of nitrogens with zero attached hydrogens (tertiary/aromatic N) is 2. The molecule has 116 valence electrons. The van der Waals surface area contributed by atoms with Gasteiger partial charge >= 0.3 is 0 Å². The summed E-state index contributed by atoms with van der Waals surface area (Å²) in [6, 6.07) is -0.0474. The summed E-state index contributed by atoms with van der Waals surface area (Å²) in [6.45, 7) is 10.7. The van der Waals surface area contributed by atoms with Crippen LogP contribution in [0.1, 0.15) is 64.2 Å². The number of fused-ring (bicyclic) bond motifs is 1. The topological polar surface area (TPSA) is 80.9 Å². The molecule has 1 heterocycles. The van der Waals surface area contributed by atoms with Gasteiger partial charge in [-0.05, 0) is 18.3 Å². The number of carbonyl (C=O) groups is 1. The first kappa shape index (κ1) is 15.9. The van der Waals surface area contributed by atoms with E-state index in [1.54, 1.807) is 0 Å². The Bertz CT molecular complexity index is 546. The van der Waals surface area contributed by atoms with Crippen LogP contribution in [0.25, 0.3) is 0 Å². The molecular formula is C16H26N4O. The number of nitrogens with two attached hydrogens (primary N) is 1. The van der Waals surface area contributed by atoms with Gasteiger partial charge < -0.3 is 11.1 Å². The van der Waals surface area contributed by atoms with E-state index in [1.807, 2.05) is 6.20 Å². The van der Waals surface area contributed by atoms with Gasteiger partial charge in [-0.25, -0.2) is 9.97 Å². The molecule has 1 aliphatic carbocycles. The number of carbonyl (C=O) groups excluding carboxylic acids is 1. The standard InChI is InChI=1S/C16H26N4O/c1-15(2,3)14-18-9-10-11(19-13(21)8-17)6-16(4,5)7-12(10)20-14/h9,11H,6-8,17H2,1-5H3,(H,19,21)/t11-/m1/s1. The van der Waals surface area contributed by atoms with Crippen molar-refractivity contribution in [2.45, 2.75) is 58.9 Å². The molecule has 1 atom stereocenters. The average molecular weight is 290 g/mol. The van der Waals surface area contributed by atoms with E-state index in [-0.39, 0.29) is 29.3 Å². The van der Waals surface area contributed by atoms with Gasteiger partial charge in [0, 0.05) is 22.9 Å². The quantitative estimate of drug-likeness (QED) is 0.871. The van der Waals surface area contributed by atoms with Crippen LogP contribution in [0.3, 0.4) is 0 Å². The Balaban J connectivity index is 2.40. The molecule has 0 saturated heterocycles. The Labute approximate surface area is 126 Å². The lowest BCUT2D eigenvalue weighted by Crippen LogP contribution is -2.40. The van der Waals surface area contributed by atoms with Crippen molar-refractivity contribution >= 4 is 5.91 Å². The summed E-state index contributed by atoms with van der Waals surface area (Å²) in [5.74, 6) is 0.714. The summed E-state index contributed by atoms with van der Waals surface area (Å²) >= 11 is 0. The molecule has 2 rings (SSSR count). The van der Waals surface area contributed by atoms with Gasteiger partial charge in [0.2, 0.25) is 5.91 Å². The minimum Gasteiger partial charge on any atom is -0.348 e. The van der Waals surface area contributed by atoms with Crippen LogP contribution in [0.2, 0.25) is 0 Å². The summed E-state index contributed by atoms with van der Waals surface area (Å²) in [5, 5.41) is 2.99. The van der Waals surface area contributed by atoms with Crippen molar-refractivity contribution in [2.24, 2.45) is 11.1 Å². The second-order valence-electron chi connectivity index (χ2n) is 7.71. The maximum atomic E-state index is 11.7. The molecule has 1 aliphatic rings. The van der Waals surface area contributed by atoms with Gasteiger partial charge in [-0.1, -0.05) is 34.6 Å². The smallest absolute Gasteiger partial charge is 0.234 e. The minimum atomic E-state index is -0.136. The lowest BCUT2D eigenvalue weighted by Gasteiger charge is -2.37. The predicted molar refractivity (Wildman–Crippen MR) is 82.8 cm³/mol. The van der Waals surface area contributed by atoms with Crippen LogP contribution in [-0.2, 0) is 16.6 Å². The number of aromatic nitrogens is 2.